The fourth-order valence-electron chi connectivity index (χ4n) is 1.04. The van der Waals surface area contributed by atoms with E-state index in [0.717, 1.165) is 0 Å². The number of carbonyl (C=O) groups is 1. The lowest BCUT2D eigenvalue weighted by Gasteiger charge is -1.89. The van der Waals surface area contributed by atoms with Gasteiger partial charge in [-0.2, -0.15) is 5.26 Å². The van der Waals surface area contributed by atoms with Crippen LogP contribution in [0.4, 0.5) is 0 Å². The number of aromatic nitrogens is 3. The molecule has 6 heteroatoms. The van der Waals surface area contributed by atoms with Crippen molar-refractivity contribution < 1.29 is 9.90 Å². The van der Waals surface area contributed by atoms with Gasteiger partial charge < -0.3 is 5.11 Å². The number of carboxylic acid groups (broad SMARTS) is 1. The van der Waals surface area contributed by atoms with E-state index < -0.39 is 5.97 Å². The fourth-order valence-corrected chi connectivity index (χ4v) is 1.04. The van der Waals surface area contributed by atoms with Gasteiger partial charge in [0.1, 0.15) is 0 Å². The highest BCUT2D eigenvalue weighted by molar-refractivity contribution is 5.83. The highest BCUT2D eigenvalue weighted by Crippen LogP contribution is 2.04. The van der Waals surface area contributed by atoms with Gasteiger partial charge in [-0.1, -0.05) is 0 Å². The summed E-state index contributed by atoms with van der Waals surface area (Å²) in [5, 5.41) is 20.9. The molecule has 0 fully saturated rings. The molecule has 0 saturated carbocycles. The Labute approximate surface area is 78.0 Å². The predicted molar refractivity (Wildman–Crippen MR) is 44.7 cm³/mol. The first-order chi connectivity index (χ1) is 6.70. The maximum atomic E-state index is 10.5. The molecular weight excluding hydrogens is 184 g/mol. The molecule has 0 bridgehead atoms. The third kappa shape index (κ3) is 1.17. The molecule has 2 aromatic rings. The zero-order valence-corrected chi connectivity index (χ0v) is 6.88. The van der Waals surface area contributed by atoms with Gasteiger partial charge in [0.15, 0.2) is 5.65 Å². The van der Waals surface area contributed by atoms with Crippen molar-refractivity contribution in [2.75, 3.05) is 0 Å². The Morgan fingerprint density at radius 3 is 3.07 bits per heavy atom. The molecule has 0 aliphatic carbocycles. The van der Waals surface area contributed by atoms with E-state index in [2.05, 4.69) is 10.1 Å². The Morgan fingerprint density at radius 1 is 1.64 bits per heavy atom. The van der Waals surface area contributed by atoms with Gasteiger partial charge in [0, 0.05) is 12.3 Å². The van der Waals surface area contributed by atoms with Crippen LogP contribution in [0.5, 0.6) is 0 Å². The topological polar surface area (TPSA) is 91.3 Å². The van der Waals surface area contributed by atoms with Gasteiger partial charge in [-0.15, -0.1) is 5.10 Å². The Balaban J connectivity index is 2.67. The van der Waals surface area contributed by atoms with Crippen molar-refractivity contribution in [3.63, 3.8) is 0 Å². The van der Waals surface area contributed by atoms with E-state index in [1.54, 1.807) is 0 Å². The number of nitriles is 1. The van der Waals surface area contributed by atoms with E-state index in [9.17, 15) is 4.79 Å². The number of nitrogens with zero attached hydrogens (tertiary/aromatic N) is 4. The van der Waals surface area contributed by atoms with E-state index in [1.807, 2.05) is 6.07 Å². The minimum absolute atomic E-state index is 0.278. The Morgan fingerprint density at radius 2 is 2.43 bits per heavy atom. The van der Waals surface area contributed by atoms with Crippen molar-refractivity contribution in [2.45, 2.75) is 0 Å². The smallest absolute Gasteiger partial charge is 0.375 e. The summed E-state index contributed by atoms with van der Waals surface area (Å²) in [6.07, 6.45) is 1.49. The number of aromatic carboxylic acids is 1. The highest BCUT2D eigenvalue weighted by atomic mass is 16.4. The standard InChI is InChI=1S/C8H4N4O2/c9-4-5-1-2-12-6(3-5)10-7(11-12)8(13)14/h1-3H,(H,13,14). The van der Waals surface area contributed by atoms with Crippen LogP contribution in [0.1, 0.15) is 16.2 Å². The van der Waals surface area contributed by atoms with Crippen LogP contribution in [0.3, 0.4) is 0 Å². The van der Waals surface area contributed by atoms with Gasteiger partial charge in [-0.05, 0) is 6.07 Å². The average molecular weight is 188 g/mol. The molecule has 0 unspecified atom stereocenters. The normalized spacial score (nSPS) is 9.93. The zero-order valence-electron chi connectivity index (χ0n) is 6.88. The van der Waals surface area contributed by atoms with Gasteiger partial charge in [0.2, 0.25) is 0 Å². The molecule has 2 aromatic heterocycles. The summed E-state index contributed by atoms with van der Waals surface area (Å²) in [4.78, 5) is 14.2. The number of pyridine rings is 1. The number of hydrogen-bond donors (Lipinski definition) is 1. The molecule has 0 saturated heterocycles. The Hall–Kier alpha value is -2.42. The van der Waals surface area contributed by atoms with Gasteiger partial charge in [0.25, 0.3) is 5.82 Å². The van der Waals surface area contributed by atoms with Crippen LogP contribution < -0.4 is 0 Å². The molecular formula is C8H4N4O2. The monoisotopic (exact) mass is 188 g/mol. The van der Waals surface area contributed by atoms with Crippen LogP contribution >= 0.6 is 0 Å². The van der Waals surface area contributed by atoms with E-state index >= 15 is 0 Å². The Kier molecular flexibility index (Phi) is 1.65. The summed E-state index contributed by atoms with van der Waals surface area (Å²) in [6.45, 7) is 0. The second kappa shape index (κ2) is 2.81. The molecule has 0 radical (unpaired) electrons. The summed E-state index contributed by atoms with van der Waals surface area (Å²) in [7, 11) is 0. The lowest BCUT2D eigenvalue weighted by molar-refractivity contribution is 0.0684. The first-order valence-electron chi connectivity index (χ1n) is 3.70. The molecule has 2 heterocycles. The van der Waals surface area contributed by atoms with Crippen molar-refractivity contribution in [2.24, 2.45) is 0 Å². The van der Waals surface area contributed by atoms with Crippen LogP contribution in [0.15, 0.2) is 18.3 Å². The minimum atomic E-state index is -1.19. The maximum absolute atomic E-state index is 10.5. The van der Waals surface area contributed by atoms with E-state index in [0.29, 0.717) is 11.2 Å². The van der Waals surface area contributed by atoms with Crippen LogP contribution in [-0.4, -0.2) is 25.7 Å². The van der Waals surface area contributed by atoms with Crippen molar-refractivity contribution in [1.82, 2.24) is 14.6 Å². The summed E-state index contributed by atoms with van der Waals surface area (Å²) in [6, 6.07) is 4.94. The van der Waals surface area contributed by atoms with Crippen molar-refractivity contribution in [1.29, 1.82) is 5.26 Å². The zero-order chi connectivity index (χ0) is 10.1. The summed E-state index contributed by atoms with van der Waals surface area (Å²) >= 11 is 0. The molecule has 0 atom stereocenters. The lowest BCUT2D eigenvalue weighted by Crippen LogP contribution is -1.98. The van der Waals surface area contributed by atoms with Crippen LogP contribution in [0, 0.1) is 11.3 Å². The van der Waals surface area contributed by atoms with Gasteiger partial charge >= 0.3 is 5.97 Å². The Bertz CT molecular complexity index is 552. The largest absolute Gasteiger partial charge is 0.475 e. The third-order valence-electron chi connectivity index (χ3n) is 1.66. The molecule has 1 N–H and O–H groups in total. The molecule has 0 aliphatic rings. The first-order valence-corrected chi connectivity index (χ1v) is 3.70. The van der Waals surface area contributed by atoms with E-state index in [-0.39, 0.29) is 5.82 Å². The highest BCUT2D eigenvalue weighted by Gasteiger charge is 2.10. The van der Waals surface area contributed by atoms with Crippen molar-refractivity contribution >= 4 is 11.6 Å². The molecule has 6 nitrogen and oxygen atoms in total. The quantitative estimate of drug-likeness (QED) is 0.694. The SMILES string of the molecule is N#Cc1ccn2nc(C(=O)O)nc2c1. The first kappa shape index (κ1) is 8.19. The fraction of sp³-hybridized carbons (Fsp3) is 0. The van der Waals surface area contributed by atoms with Crippen LogP contribution in [0.2, 0.25) is 0 Å². The molecule has 0 aliphatic heterocycles. The van der Waals surface area contributed by atoms with Crippen LogP contribution in [-0.2, 0) is 0 Å². The van der Waals surface area contributed by atoms with Crippen LogP contribution in [0.25, 0.3) is 5.65 Å². The number of hydrogen-bond acceptors (Lipinski definition) is 4. The molecule has 0 amide bonds. The van der Waals surface area contributed by atoms with E-state index in [4.69, 9.17) is 10.4 Å². The summed E-state index contributed by atoms with van der Waals surface area (Å²) < 4.78 is 1.31. The lowest BCUT2D eigenvalue weighted by atomic mass is 10.3. The second-order valence-electron chi connectivity index (χ2n) is 2.57. The van der Waals surface area contributed by atoms with Crippen molar-refractivity contribution in [3.8, 4) is 6.07 Å². The predicted octanol–water partition coefficient (Wildman–Crippen LogP) is 0.299. The molecule has 2 rings (SSSR count). The average Bonchev–Trinajstić information content (AvgIpc) is 2.59. The van der Waals surface area contributed by atoms with Gasteiger partial charge in [-0.3, -0.25) is 0 Å². The molecule has 14 heavy (non-hydrogen) atoms. The van der Waals surface area contributed by atoms with E-state index in [1.165, 1.54) is 22.8 Å². The number of fused-ring (bicyclic) bond motifs is 1. The molecule has 0 spiro atoms. The third-order valence-corrected chi connectivity index (χ3v) is 1.66. The van der Waals surface area contributed by atoms with Gasteiger partial charge in [0.05, 0.1) is 11.6 Å². The second-order valence-corrected chi connectivity index (χ2v) is 2.57. The summed E-state index contributed by atoms with van der Waals surface area (Å²) in [5.74, 6) is -1.47. The minimum Gasteiger partial charge on any atom is -0.475 e. The number of carboxylic acids is 1. The molecule has 0 aromatic carbocycles. The van der Waals surface area contributed by atoms with Crippen molar-refractivity contribution in [3.05, 3.63) is 29.7 Å². The van der Waals surface area contributed by atoms with Gasteiger partial charge in [-0.25, -0.2) is 14.3 Å². The number of rotatable bonds is 1. The summed E-state index contributed by atoms with van der Waals surface area (Å²) in [5.41, 5.74) is 0.767. The maximum Gasteiger partial charge on any atom is 0.375 e. The molecule has 68 valence electrons.